The Morgan fingerprint density at radius 3 is 2.92 bits per heavy atom. The highest BCUT2D eigenvalue weighted by Crippen LogP contribution is 2.46. The van der Waals surface area contributed by atoms with Crippen LogP contribution in [0.2, 0.25) is 0 Å². The van der Waals surface area contributed by atoms with E-state index in [1.807, 2.05) is 35.7 Å². The van der Waals surface area contributed by atoms with Crippen molar-refractivity contribution in [3.63, 3.8) is 0 Å². The van der Waals surface area contributed by atoms with Crippen molar-refractivity contribution in [1.82, 2.24) is 9.88 Å². The molecule has 25 heavy (non-hydrogen) atoms. The van der Waals surface area contributed by atoms with Crippen LogP contribution in [0.1, 0.15) is 35.3 Å². The molecule has 5 nitrogen and oxygen atoms in total. The van der Waals surface area contributed by atoms with E-state index in [4.69, 9.17) is 9.47 Å². The minimum Gasteiger partial charge on any atom is -0.381 e. The van der Waals surface area contributed by atoms with Crippen molar-refractivity contribution in [3.05, 3.63) is 29.6 Å². The lowest BCUT2D eigenvalue weighted by atomic mass is 9.92. The predicted octanol–water partition coefficient (Wildman–Crippen LogP) is 2.53. The summed E-state index contributed by atoms with van der Waals surface area (Å²) in [6.45, 7) is 6.22. The second-order valence-electron chi connectivity index (χ2n) is 7.56. The molecule has 0 N–H and O–H groups in total. The van der Waals surface area contributed by atoms with Crippen molar-refractivity contribution in [1.29, 1.82) is 0 Å². The van der Waals surface area contributed by atoms with Crippen molar-refractivity contribution >= 4 is 17.7 Å². The standard InChI is InChI=1S/C19H26N2O3S/c1-14-2-3-16(9-20-14)18(22)21-12-19(13-21)8-17(11-25-19)24-10-15-4-6-23-7-5-15/h2-3,9,15,17H,4-8,10-13H2,1H3/t17-/m0/s1. The molecule has 1 aromatic rings. The summed E-state index contributed by atoms with van der Waals surface area (Å²) in [5, 5.41) is 0. The lowest BCUT2D eigenvalue weighted by Crippen LogP contribution is -2.60. The van der Waals surface area contributed by atoms with E-state index in [1.54, 1.807) is 6.20 Å². The molecule has 1 aromatic heterocycles. The molecule has 0 saturated carbocycles. The summed E-state index contributed by atoms with van der Waals surface area (Å²) in [5.74, 6) is 1.81. The third-order valence-corrected chi connectivity index (χ3v) is 7.06. The second kappa shape index (κ2) is 7.25. The van der Waals surface area contributed by atoms with E-state index in [0.717, 1.165) is 63.6 Å². The molecular formula is C19H26N2O3S. The maximum atomic E-state index is 12.5. The fourth-order valence-electron chi connectivity index (χ4n) is 3.89. The van der Waals surface area contributed by atoms with Crippen LogP contribution in [-0.4, -0.2) is 65.3 Å². The van der Waals surface area contributed by atoms with E-state index in [1.165, 1.54) is 0 Å². The van der Waals surface area contributed by atoms with E-state index in [2.05, 4.69) is 4.98 Å². The summed E-state index contributed by atoms with van der Waals surface area (Å²) in [5.41, 5.74) is 1.63. The summed E-state index contributed by atoms with van der Waals surface area (Å²) >= 11 is 1.99. The summed E-state index contributed by atoms with van der Waals surface area (Å²) < 4.78 is 11.8. The molecule has 3 fully saturated rings. The van der Waals surface area contributed by atoms with E-state index < -0.39 is 0 Å². The van der Waals surface area contributed by atoms with Crippen molar-refractivity contribution in [2.45, 2.75) is 37.0 Å². The Kier molecular flexibility index (Phi) is 5.02. The molecule has 0 unspecified atom stereocenters. The van der Waals surface area contributed by atoms with Gasteiger partial charge in [-0.3, -0.25) is 9.78 Å². The average Bonchev–Trinajstić information content (AvgIpc) is 3.04. The van der Waals surface area contributed by atoms with Crippen LogP contribution in [0.5, 0.6) is 0 Å². The monoisotopic (exact) mass is 362 g/mol. The van der Waals surface area contributed by atoms with Gasteiger partial charge < -0.3 is 14.4 Å². The van der Waals surface area contributed by atoms with Crippen molar-refractivity contribution in [2.24, 2.45) is 5.92 Å². The highest BCUT2D eigenvalue weighted by Gasteiger charge is 2.51. The Labute approximate surface area is 153 Å². The maximum absolute atomic E-state index is 12.5. The number of nitrogens with zero attached hydrogens (tertiary/aromatic N) is 2. The molecule has 0 aliphatic carbocycles. The number of ether oxygens (including phenoxy) is 2. The molecule has 4 heterocycles. The van der Waals surface area contributed by atoms with E-state index in [-0.39, 0.29) is 10.7 Å². The number of aromatic nitrogens is 1. The van der Waals surface area contributed by atoms with Crippen molar-refractivity contribution in [2.75, 3.05) is 38.7 Å². The Bertz CT molecular complexity index is 610. The quantitative estimate of drug-likeness (QED) is 0.824. The largest absolute Gasteiger partial charge is 0.381 e. The first-order chi connectivity index (χ1) is 12.1. The molecule has 3 aliphatic heterocycles. The number of rotatable bonds is 4. The highest BCUT2D eigenvalue weighted by atomic mass is 32.2. The van der Waals surface area contributed by atoms with Crippen LogP contribution in [0, 0.1) is 12.8 Å². The molecule has 6 heteroatoms. The lowest BCUT2D eigenvalue weighted by Gasteiger charge is -2.47. The van der Waals surface area contributed by atoms with Crippen LogP contribution in [-0.2, 0) is 9.47 Å². The molecule has 0 radical (unpaired) electrons. The summed E-state index contributed by atoms with van der Waals surface area (Å²) in [7, 11) is 0. The van der Waals surface area contributed by atoms with Gasteiger partial charge in [0.25, 0.3) is 5.91 Å². The summed E-state index contributed by atoms with van der Waals surface area (Å²) in [4.78, 5) is 18.7. The van der Waals surface area contributed by atoms with Gasteiger partial charge in [-0.2, -0.15) is 0 Å². The number of hydrogen-bond donors (Lipinski definition) is 0. The summed E-state index contributed by atoms with van der Waals surface area (Å²) in [6, 6.07) is 3.77. The zero-order valence-electron chi connectivity index (χ0n) is 14.8. The molecule has 1 atom stereocenters. The number of thioether (sulfide) groups is 1. The van der Waals surface area contributed by atoms with Gasteiger partial charge in [-0.1, -0.05) is 0 Å². The fraction of sp³-hybridized carbons (Fsp3) is 0.684. The van der Waals surface area contributed by atoms with Gasteiger partial charge >= 0.3 is 0 Å². The van der Waals surface area contributed by atoms with Crippen LogP contribution in [0.25, 0.3) is 0 Å². The zero-order chi connectivity index (χ0) is 17.3. The van der Waals surface area contributed by atoms with E-state index >= 15 is 0 Å². The molecular weight excluding hydrogens is 336 g/mol. The molecule has 0 aromatic carbocycles. The van der Waals surface area contributed by atoms with Gasteiger partial charge in [-0.25, -0.2) is 0 Å². The molecule has 4 rings (SSSR count). The third-order valence-electron chi connectivity index (χ3n) is 5.49. The minimum absolute atomic E-state index is 0.102. The third kappa shape index (κ3) is 3.86. The first-order valence-corrected chi connectivity index (χ1v) is 10.2. The van der Waals surface area contributed by atoms with Crippen LogP contribution >= 0.6 is 11.8 Å². The van der Waals surface area contributed by atoms with Crippen LogP contribution in [0.15, 0.2) is 18.3 Å². The van der Waals surface area contributed by atoms with Crippen LogP contribution < -0.4 is 0 Å². The van der Waals surface area contributed by atoms with Crippen molar-refractivity contribution < 1.29 is 14.3 Å². The highest BCUT2D eigenvalue weighted by molar-refractivity contribution is 8.01. The van der Waals surface area contributed by atoms with Gasteiger partial charge in [0.1, 0.15) is 0 Å². The topological polar surface area (TPSA) is 51.7 Å². The number of carbonyl (C=O) groups excluding carboxylic acids is 1. The molecule has 1 spiro atoms. The molecule has 1 amide bonds. The second-order valence-corrected chi connectivity index (χ2v) is 9.05. The molecule has 3 saturated heterocycles. The number of aryl methyl sites for hydroxylation is 1. The van der Waals surface area contributed by atoms with Gasteiger partial charge in [0.05, 0.1) is 16.4 Å². The van der Waals surface area contributed by atoms with Crippen molar-refractivity contribution in [3.8, 4) is 0 Å². The van der Waals surface area contributed by atoms with E-state index in [0.29, 0.717) is 17.6 Å². The normalized spacial score (nSPS) is 26.0. The molecule has 0 bridgehead atoms. The number of amides is 1. The Balaban J connectivity index is 1.24. The zero-order valence-corrected chi connectivity index (χ0v) is 15.6. The Morgan fingerprint density at radius 2 is 2.20 bits per heavy atom. The Morgan fingerprint density at radius 1 is 1.40 bits per heavy atom. The maximum Gasteiger partial charge on any atom is 0.255 e. The number of hydrogen-bond acceptors (Lipinski definition) is 5. The van der Waals surface area contributed by atoms with Crippen LogP contribution in [0.3, 0.4) is 0 Å². The number of carbonyl (C=O) groups is 1. The van der Waals surface area contributed by atoms with Gasteiger partial charge in [0.15, 0.2) is 0 Å². The lowest BCUT2D eigenvalue weighted by molar-refractivity contribution is -0.0118. The van der Waals surface area contributed by atoms with Gasteiger partial charge in [-0.15, -0.1) is 11.8 Å². The summed E-state index contributed by atoms with van der Waals surface area (Å²) in [6.07, 6.45) is 5.34. The van der Waals surface area contributed by atoms with Gasteiger partial charge in [-0.05, 0) is 44.2 Å². The fourth-order valence-corrected chi connectivity index (χ4v) is 5.44. The minimum atomic E-state index is 0.102. The van der Waals surface area contributed by atoms with Crippen LogP contribution in [0.4, 0.5) is 0 Å². The SMILES string of the molecule is Cc1ccc(C(=O)N2CC3(C[C@H](OCC4CCOCC4)CS3)C2)cn1. The molecule has 136 valence electrons. The number of likely N-dealkylation sites (tertiary alicyclic amines) is 1. The Hall–Kier alpha value is -1.11. The number of pyridine rings is 1. The predicted molar refractivity (Wildman–Crippen MR) is 98.0 cm³/mol. The smallest absolute Gasteiger partial charge is 0.255 e. The van der Waals surface area contributed by atoms with Gasteiger partial charge in [0.2, 0.25) is 0 Å². The van der Waals surface area contributed by atoms with E-state index in [9.17, 15) is 4.79 Å². The molecule has 3 aliphatic rings. The first-order valence-electron chi connectivity index (χ1n) is 9.19. The first kappa shape index (κ1) is 17.3. The van der Waals surface area contributed by atoms with Gasteiger partial charge in [0, 0.05) is 50.6 Å². The average molecular weight is 362 g/mol.